The van der Waals surface area contributed by atoms with Gasteiger partial charge in [0.05, 0.1) is 19.3 Å². The number of hydrogen-bond donors (Lipinski definition) is 2. The highest BCUT2D eigenvalue weighted by Crippen LogP contribution is 2.30. The highest BCUT2D eigenvalue weighted by atomic mass is 19.1. The minimum atomic E-state index is -0.988. The number of nitrogens with two attached hydrogens (primary N) is 1. The van der Waals surface area contributed by atoms with Crippen LogP contribution in [0.3, 0.4) is 0 Å². The zero-order chi connectivity index (χ0) is 10.2. The first kappa shape index (κ1) is 9.58. The Balaban J connectivity index is 2.18. The molecular formula is C10H12FNO2. The average Bonchev–Trinajstić information content (AvgIpc) is 2.14. The molecule has 0 amide bonds. The number of aliphatic hydroxyl groups is 1. The maximum Gasteiger partial charge on any atom is 0.130 e. The summed E-state index contributed by atoms with van der Waals surface area (Å²) in [6, 6.07) is 5.31. The molecule has 2 rings (SSSR count). The van der Waals surface area contributed by atoms with Gasteiger partial charge in [-0.05, 0) is 17.7 Å². The molecule has 0 spiro atoms. The third kappa shape index (κ3) is 1.52. The third-order valence-corrected chi connectivity index (χ3v) is 2.51. The fourth-order valence-electron chi connectivity index (χ4n) is 1.47. The molecule has 76 valence electrons. The molecule has 0 bridgehead atoms. The van der Waals surface area contributed by atoms with Gasteiger partial charge in [0.15, 0.2) is 0 Å². The van der Waals surface area contributed by atoms with E-state index < -0.39 is 11.6 Å². The van der Waals surface area contributed by atoms with Crippen molar-refractivity contribution in [3.05, 3.63) is 35.6 Å². The second-order valence-electron chi connectivity index (χ2n) is 3.63. The molecule has 1 saturated heterocycles. The second-order valence-corrected chi connectivity index (χ2v) is 3.63. The van der Waals surface area contributed by atoms with Gasteiger partial charge in [-0.25, -0.2) is 4.39 Å². The van der Waals surface area contributed by atoms with Crippen molar-refractivity contribution in [1.29, 1.82) is 0 Å². The molecule has 1 aromatic carbocycles. The number of benzene rings is 1. The predicted molar refractivity (Wildman–Crippen MR) is 49.1 cm³/mol. The Labute approximate surface area is 81.3 Å². The summed E-state index contributed by atoms with van der Waals surface area (Å²) in [5.74, 6) is -0.308. The largest absolute Gasteiger partial charge is 0.383 e. The molecule has 1 aromatic rings. The molecule has 14 heavy (non-hydrogen) atoms. The van der Waals surface area contributed by atoms with Crippen LogP contribution in [0.2, 0.25) is 0 Å². The minimum absolute atomic E-state index is 0.242. The molecule has 1 fully saturated rings. The van der Waals surface area contributed by atoms with Crippen LogP contribution in [0.15, 0.2) is 24.3 Å². The van der Waals surface area contributed by atoms with E-state index in [4.69, 9.17) is 10.5 Å². The molecule has 3 N–H and O–H groups in total. The van der Waals surface area contributed by atoms with Crippen LogP contribution < -0.4 is 5.73 Å². The van der Waals surface area contributed by atoms with E-state index in [-0.39, 0.29) is 19.0 Å². The van der Waals surface area contributed by atoms with Gasteiger partial charge < -0.3 is 15.6 Å². The predicted octanol–water partition coefficient (Wildman–Crippen LogP) is 0.587. The highest BCUT2D eigenvalue weighted by Gasteiger charge is 2.42. The van der Waals surface area contributed by atoms with E-state index in [2.05, 4.69) is 0 Å². The van der Waals surface area contributed by atoms with Gasteiger partial charge in [-0.1, -0.05) is 12.1 Å². The van der Waals surface area contributed by atoms with Crippen molar-refractivity contribution in [2.75, 3.05) is 13.2 Å². The monoisotopic (exact) mass is 197 g/mol. The molecule has 0 aromatic heterocycles. The molecule has 0 radical (unpaired) electrons. The molecular weight excluding hydrogens is 185 g/mol. The molecule has 1 aliphatic heterocycles. The summed E-state index contributed by atoms with van der Waals surface area (Å²) in [4.78, 5) is 0. The van der Waals surface area contributed by atoms with Crippen molar-refractivity contribution in [1.82, 2.24) is 0 Å². The van der Waals surface area contributed by atoms with Crippen LogP contribution >= 0.6 is 0 Å². The normalized spacial score (nSPS) is 21.4. The Kier molecular flexibility index (Phi) is 2.26. The summed E-state index contributed by atoms with van der Waals surface area (Å²) in [6.45, 7) is 0.483. The van der Waals surface area contributed by atoms with Crippen molar-refractivity contribution in [3.63, 3.8) is 0 Å². The van der Waals surface area contributed by atoms with Crippen LogP contribution in [0.5, 0.6) is 0 Å². The number of rotatable bonds is 2. The summed E-state index contributed by atoms with van der Waals surface area (Å²) < 4.78 is 17.5. The summed E-state index contributed by atoms with van der Waals surface area (Å²) in [5, 5.41) is 9.86. The smallest absolute Gasteiger partial charge is 0.130 e. The van der Waals surface area contributed by atoms with Crippen LogP contribution in [-0.2, 0) is 4.74 Å². The minimum Gasteiger partial charge on any atom is -0.383 e. The Morgan fingerprint density at radius 2 is 1.93 bits per heavy atom. The summed E-state index contributed by atoms with van der Waals surface area (Å²) in [5.41, 5.74) is 5.56. The molecule has 1 heterocycles. The highest BCUT2D eigenvalue weighted by molar-refractivity contribution is 5.23. The first-order valence-corrected chi connectivity index (χ1v) is 4.43. The van der Waals surface area contributed by atoms with E-state index in [0.717, 1.165) is 5.56 Å². The van der Waals surface area contributed by atoms with E-state index in [0.29, 0.717) is 0 Å². The van der Waals surface area contributed by atoms with E-state index in [1.54, 1.807) is 12.1 Å². The summed E-state index contributed by atoms with van der Waals surface area (Å²) in [7, 11) is 0. The number of hydrogen-bond acceptors (Lipinski definition) is 3. The first-order chi connectivity index (χ1) is 6.62. The van der Waals surface area contributed by atoms with Crippen molar-refractivity contribution in [3.8, 4) is 0 Å². The molecule has 1 unspecified atom stereocenters. The molecule has 0 aliphatic carbocycles. The molecule has 4 heteroatoms. The average molecular weight is 197 g/mol. The SMILES string of the molecule is NC(c1ccc(F)cc1)C1(O)COC1. The van der Waals surface area contributed by atoms with Crippen molar-refractivity contribution in [2.24, 2.45) is 5.73 Å². The molecule has 3 nitrogen and oxygen atoms in total. The lowest BCUT2D eigenvalue weighted by Gasteiger charge is -2.41. The Hall–Kier alpha value is -0.970. The lowest BCUT2D eigenvalue weighted by atomic mass is 9.88. The van der Waals surface area contributed by atoms with Gasteiger partial charge in [0.25, 0.3) is 0 Å². The van der Waals surface area contributed by atoms with Gasteiger partial charge in [0.1, 0.15) is 11.4 Å². The Morgan fingerprint density at radius 3 is 2.36 bits per heavy atom. The molecule has 1 atom stereocenters. The van der Waals surface area contributed by atoms with Crippen LogP contribution in [0.4, 0.5) is 4.39 Å². The number of ether oxygens (including phenoxy) is 1. The van der Waals surface area contributed by atoms with Crippen LogP contribution in [0.1, 0.15) is 11.6 Å². The van der Waals surface area contributed by atoms with Gasteiger partial charge in [-0.3, -0.25) is 0 Å². The maximum absolute atomic E-state index is 12.6. The topological polar surface area (TPSA) is 55.5 Å². The molecule has 1 aliphatic rings. The fourth-order valence-corrected chi connectivity index (χ4v) is 1.47. The van der Waals surface area contributed by atoms with Crippen LogP contribution in [0, 0.1) is 5.82 Å². The fraction of sp³-hybridized carbons (Fsp3) is 0.400. The van der Waals surface area contributed by atoms with Crippen LogP contribution in [0.25, 0.3) is 0 Å². The van der Waals surface area contributed by atoms with Crippen molar-refractivity contribution in [2.45, 2.75) is 11.6 Å². The van der Waals surface area contributed by atoms with Gasteiger partial charge in [-0.2, -0.15) is 0 Å². The first-order valence-electron chi connectivity index (χ1n) is 4.43. The Bertz CT molecular complexity index is 321. The lowest BCUT2D eigenvalue weighted by Crippen LogP contribution is -2.56. The Morgan fingerprint density at radius 1 is 1.36 bits per heavy atom. The van der Waals surface area contributed by atoms with Gasteiger partial charge in [0, 0.05) is 0 Å². The summed E-state index contributed by atoms with van der Waals surface area (Å²) in [6.07, 6.45) is 0. The van der Waals surface area contributed by atoms with Crippen LogP contribution in [-0.4, -0.2) is 23.9 Å². The van der Waals surface area contributed by atoms with Crippen molar-refractivity contribution >= 4 is 0 Å². The molecule has 0 saturated carbocycles. The van der Waals surface area contributed by atoms with Gasteiger partial charge >= 0.3 is 0 Å². The van der Waals surface area contributed by atoms with E-state index in [9.17, 15) is 9.50 Å². The van der Waals surface area contributed by atoms with Gasteiger partial charge in [-0.15, -0.1) is 0 Å². The standard InChI is InChI=1S/C10H12FNO2/c11-8-3-1-7(2-4-8)9(12)10(13)5-14-6-10/h1-4,9,13H,5-6,12H2. The van der Waals surface area contributed by atoms with Crippen molar-refractivity contribution < 1.29 is 14.2 Å². The van der Waals surface area contributed by atoms with E-state index in [1.165, 1.54) is 12.1 Å². The third-order valence-electron chi connectivity index (χ3n) is 2.51. The zero-order valence-electron chi connectivity index (χ0n) is 7.61. The second kappa shape index (κ2) is 3.31. The maximum atomic E-state index is 12.6. The van der Waals surface area contributed by atoms with E-state index in [1.807, 2.05) is 0 Å². The lowest BCUT2D eigenvalue weighted by molar-refractivity contribution is -0.190. The zero-order valence-corrected chi connectivity index (χ0v) is 7.61. The quantitative estimate of drug-likeness (QED) is 0.729. The van der Waals surface area contributed by atoms with Gasteiger partial charge in [0.2, 0.25) is 0 Å². The summed E-state index contributed by atoms with van der Waals surface area (Å²) >= 11 is 0. The van der Waals surface area contributed by atoms with E-state index >= 15 is 0 Å². The number of halogens is 1.